The molecule has 0 aromatic rings. The molecule has 0 heterocycles. The van der Waals surface area contributed by atoms with Gasteiger partial charge >= 0.3 is 5.97 Å². The monoisotopic (exact) mass is 330 g/mol. The molecular formula is C9H15IO3S. The van der Waals surface area contributed by atoms with Crippen molar-refractivity contribution < 1.29 is 14.3 Å². The Kier molecular flexibility index (Phi) is 8.46. The molecule has 3 nitrogen and oxygen atoms in total. The van der Waals surface area contributed by atoms with Gasteiger partial charge in [0.2, 0.25) is 4.11 Å². The van der Waals surface area contributed by atoms with E-state index in [4.69, 9.17) is 21.7 Å². The Hall–Kier alpha value is 0.0900. The lowest BCUT2D eigenvalue weighted by molar-refractivity contribution is -0.147. The molecular weight excluding hydrogens is 315 g/mol. The van der Waals surface area contributed by atoms with Gasteiger partial charge in [-0.05, 0) is 41.2 Å². The van der Waals surface area contributed by atoms with E-state index in [0.717, 1.165) is 12.8 Å². The lowest BCUT2D eigenvalue weighted by atomic mass is 10.4. The Morgan fingerprint density at radius 3 is 2.64 bits per heavy atom. The average Bonchev–Trinajstić information content (AvgIpc) is 2.17. The first kappa shape index (κ1) is 14.1. The Bertz CT molecular complexity index is 196. The highest BCUT2D eigenvalue weighted by Crippen LogP contribution is 2.08. The van der Waals surface area contributed by atoms with Gasteiger partial charge in [-0.1, -0.05) is 20.3 Å². The van der Waals surface area contributed by atoms with Crippen LogP contribution in [-0.2, 0) is 14.3 Å². The van der Waals surface area contributed by atoms with Crippen molar-refractivity contribution in [2.24, 2.45) is 0 Å². The maximum absolute atomic E-state index is 11.3. The van der Waals surface area contributed by atoms with Crippen LogP contribution in [-0.4, -0.2) is 21.7 Å². The standard InChI is InChI=1S/C9H15IO3S/c1-3-5-6-12-9(11)8(10)13-7(14)4-2/h8H,3-6H2,1-2H3. The molecule has 0 aromatic heterocycles. The summed E-state index contributed by atoms with van der Waals surface area (Å²) in [6, 6.07) is 0. The first-order valence-electron chi connectivity index (χ1n) is 4.62. The molecule has 14 heavy (non-hydrogen) atoms. The van der Waals surface area contributed by atoms with E-state index in [2.05, 4.69) is 0 Å². The summed E-state index contributed by atoms with van der Waals surface area (Å²) >= 11 is 6.72. The molecule has 0 aliphatic heterocycles. The van der Waals surface area contributed by atoms with E-state index < -0.39 is 4.11 Å². The zero-order valence-corrected chi connectivity index (χ0v) is 11.4. The molecule has 0 fully saturated rings. The molecule has 0 bridgehead atoms. The van der Waals surface area contributed by atoms with Gasteiger partial charge in [-0.25, -0.2) is 4.79 Å². The Balaban J connectivity index is 3.70. The normalized spacial score (nSPS) is 11.9. The van der Waals surface area contributed by atoms with Gasteiger partial charge in [0.25, 0.3) is 0 Å². The molecule has 1 atom stereocenters. The minimum atomic E-state index is -0.614. The second kappa shape index (κ2) is 8.40. The van der Waals surface area contributed by atoms with E-state index in [1.807, 2.05) is 36.4 Å². The molecule has 0 radical (unpaired) electrons. The van der Waals surface area contributed by atoms with E-state index in [-0.39, 0.29) is 5.97 Å². The van der Waals surface area contributed by atoms with Crippen LogP contribution in [0.5, 0.6) is 0 Å². The maximum Gasteiger partial charge on any atom is 0.357 e. The fraction of sp³-hybridized carbons (Fsp3) is 0.778. The van der Waals surface area contributed by atoms with Crippen LogP contribution in [0, 0.1) is 0 Å². The van der Waals surface area contributed by atoms with Gasteiger partial charge < -0.3 is 9.47 Å². The molecule has 0 spiro atoms. The summed E-state index contributed by atoms with van der Waals surface area (Å²) in [4.78, 5) is 11.3. The van der Waals surface area contributed by atoms with Gasteiger partial charge in [-0.2, -0.15) is 0 Å². The topological polar surface area (TPSA) is 35.5 Å². The van der Waals surface area contributed by atoms with Crippen molar-refractivity contribution in [3.8, 4) is 0 Å². The largest absolute Gasteiger partial charge is 0.462 e. The molecule has 82 valence electrons. The van der Waals surface area contributed by atoms with Gasteiger partial charge in [-0.3, -0.25) is 0 Å². The number of hydrogen-bond acceptors (Lipinski definition) is 4. The number of alkyl halides is 1. The van der Waals surface area contributed by atoms with Crippen LogP contribution in [0.2, 0.25) is 0 Å². The number of hydrogen-bond donors (Lipinski definition) is 0. The summed E-state index contributed by atoms with van der Waals surface area (Å²) in [7, 11) is 0. The highest BCUT2D eigenvalue weighted by Gasteiger charge is 2.18. The van der Waals surface area contributed by atoms with Crippen LogP contribution < -0.4 is 0 Å². The van der Waals surface area contributed by atoms with Crippen LogP contribution >= 0.6 is 34.8 Å². The number of unbranched alkanes of at least 4 members (excludes halogenated alkanes) is 1. The highest BCUT2D eigenvalue weighted by molar-refractivity contribution is 14.1. The lowest BCUT2D eigenvalue weighted by Gasteiger charge is -2.11. The Labute approximate surface area is 104 Å². The number of esters is 1. The Morgan fingerprint density at radius 1 is 1.50 bits per heavy atom. The minimum Gasteiger partial charge on any atom is -0.462 e. The molecule has 0 aromatic carbocycles. The smallest absolute Gasteiger partial charge is 0.357 e. The van der Waals surface area contributed by atoms with Gasteiger partial charge in [0.15, 0.2) is 5.05 Å². The predicted molar refractivity (Wildman–Crippen MR) is 67.6 cm³/mol. The fourth-order valence-electron chi connectivity index (χ4n) is 0.629. The van der Waals surface area contributed by atoms with Crippen molar-refractivity contribution in [1.29, 1.82) is 0 Å². The summed E-state index contributed by atoms with van der Waals surface area (Å²) in [5, 5.41) is 0.442. The number of halogens is 1. The van der Waals surface area contributed by atoms with Gasteiger partial charge in [0, 0.05) is 6.42 Å². The van der Waals surface area contributed by atoms with Crippen molar-refractivity contribution in [3.63, 3.8) is 0 Å². The lowest BCUT2D eigenvalue weighted by Crippen LogP contribution is -2.23. The third-order valence-corrected chi connectivity index (χ3v) is 2.60. The van der Waals surface area contributed by atoms with E-state index in [1.165, 1.54) is 0 Å². The van der Waals surface area contributed by atoms with Crippen molar-refractivity contribution >= 4 is 45.8 Å². The van der Waals surface area contributed by atoms with E-state index in [0.29, 0.717) is 18.1 Å². The van der Waals surface area contributed by atoms with Gasteiger partial charge in [0.1, 0.15) is 0 Å². The SMILES string of the molecule is CCCCOC(=O)C(I)OC(=S)CC. The molecule has 5 heteroatoms. The molecule has 0 rings (SSSR count). The van der Waals surface area contributed by atoms with Crippen molar-refractivity contribution in [2.45, 2.75) is 37.2 Å². The maximum atomic E-state index is 11.3. The van der Waals surface area contributed by atoms with E-state index >= 15 is 0 Å². The fourth-order valence-corrected chi connectivity index (χ4v) is 1.38. The van der Waals surface area contributed by atoms with E-state index in [1.54, 1.807) is 0 Å². The van der Waals surface area contributed by atoms with Crippen molar-refractivity contribution in [1.82, 2.24) is 0 Å². The molecule has 0 saturated heterocycles. The van der Waals surface area contributed by atoms with Crippen LogP contribution in [0.15, 0.2) is 0 Å². The third kappa shape index (κ3) is 6.53. The summed E-state index contributed by atoms with van der Waals surface area (Å²) < 4.78 is 9.48. The van der Waals surface area contributed by atoms with Crippen molar-refractivity contribution in [2.75, 3.05) is 6.61 Å². The predicted octanol–water partition coefficient (Wildman–Crippen LogP) is 2.84. The molecule has 0 N–H and O–H groups in total. The molecule has 1 unspecified atom stereocenters. The van der Waals surface area contributed by atoms with Crippen LogP contribution in [0.4, 0.5) is 0 Å². The second-order valence-electron chi connectivity index (χ2n) is 2.68. The van der Waals surface area contributed by atoms with Gasteiger partial charge in [-0.15, -0.1) is 0 Å². The first-order valence-corrected chi connectivity index (χ1v) is 6.27. The molecule has 0 aliphatic carbocycles. The van der Waals surface area contributed by atoms with Crippen LogP contribution in [0.3, 0.4) is 0 Å². The zero-order valence-electron chi connectivity index (χ0n) is 8.42. The minimum absolute atomic E-state index is 0.352. The summed E-state index contributed by atoms with van der Waals surface area (Å²) in [6.45, 7) is 4.38. The molecule has 0 amide bonds. The molecule has 0 saturated carbocycles. The number of thiocarbonyl (C=S) groups is 1. The van der Waals surface area contributed by atoms with Gasteiger partial charge in [0.05, 0.1) is 6.61 Å². The number of carbonyl (C=O) groups is 1. The summed E-state index contributed by atoms with van der Waals surface area (Å²) in [5.41, 5.74) is 0. The second-order valence-corrected chi connectivity index (χ2v) is 4.27. The Morgan fingerprint density at radius 2 is 2.14 bits per heavy atom. The van der Waals surface area contributed by atoms with Crippen LogP contribution in [0.1, 0.15) is 33.1 Å². The first-order chi connectivity index (χ1) is 6.61. The molecule has 0 aliphatic rings. The number of ether oxygens (including phenoxy) is 2. The third-order valence-electron chi connectivity index (χ3n) is 1.45. The van der Waals surface area contributed by atoms with Crippen LogP contribution in [0.25, 0.3) is 0 Å². The highest BCUT2D eigenvalue weighted by atomic mass is 127. The quantitative estimate of drug-likeness (QED) is 0.247. The average molecular weight is 330 g/mol. The van der Waals surface area contributed by atoms with E-state index in [9.17, 15) is 4.79 Å². The van der Waals surface area contributed by atoms with Crippen molar-refractivity contribution in [3.05, 3.63) is 0 Å². The zero-order chi connectivity index (χ0) is 11.0. The number of rotatable bonds is 6. The summed E-state index contributed by atoms with van der Waals surface area (Å²) in [5.74, 6) is -0.352. The summed E-state index contributed by atoms with van der Waals surface area (Å²) in [6.07, 6.45) is 2.53. The number of carbonyl (C=O) groups excluding carboxylic acids is 1.